The normalized spacial score (nSPS) is 13.1. The Morgan fingerprint density at radius 1 is 1.06 bits per heavy atom. The monoisotopic (exact) mass is 457 g/mol. The van der Waals surface area contributed by atoms with E-state index in [0.717, 1.165) is 28.2 Å². The van der Waals surface area contributed by atoms with Crippen molar-refractivity contribution in [1.82, 2.24) is 3.97 Å². The fraction of sp³-hybridized carbons (Fsp3) is 0.250. The summed E-state index contributed by atoms with van der Waals surface area (Å²) in [6.07, 6.45) is -3.72. The molecule has 0 aliphatic heterocycles. The van der Waals surface area contributed by atoms with Crippen LogP contribution in [0, 0.1) is 0 Å². The minimum atomic E-state index is -4.97. The van der Waals surface area contributed by atoms with Gasteiger partial charge in [0, 0.05) is 17.6 Å². The Bertz CT molecular complexity index is 1230. The van der Waals surface area contributed by atoms with Crippen LogP contribution in [0.15, 0.2) is 53.6 Å². The standard InChI is InChI=1S/C20H18F3NO6S/c1-12(19(25)29-3)17-11-24(18-8-7-13(28-2)10-16(17)18)31(26,27)15-6-4-5-14(9-15)30-20(21,22)23/h4-12H,1-3H3. The van der Waals surface area contributed by atoms with E-state index in [0.29, 0.717) is 16.7 Å². The molecule has 3 aromatic rings. The van der Waals surface area contributed by atoms with E-state index in [9.17, 15) is 26.4 Å². The number of nitrogens with zero attached hydrogens (tertiary/aromatic N) is 1. The van der Waals surface area contributed by atoms with E-state index in [1.54, 1.807) is 13.0 Å². The molecule has 0 saturated heterocycles. The Morgan fingerprint density at radius 3 is 2.39 bits per heavy atom. The minimum absolute atomic E-state index is 0.216. The molecule has 0 amide bonds. The van der Waals surface area contributed by atoms with Gasteiger partial charge in [0.05, 0.1) is 30.5 Å². The van der Waals surface area contributed by atoms with Gasteiger partial charge in [-0.2, -0.15) is 0 Å². The van der Waals surface area contributed by atoms with E-state index in [1.165, 1.54) is 32.5 Å². The number of fused-ring (bicyclic) bond motifs is 1. The Hall–Kier alpha value is -3.21. The second-order valence-corrected chi connectivity index (χ2v) is 8.35. The third-order valence-electron chi connectivity index (χ3n) is 4.63. The quantitative estimate of drug-likeness (QED) is 0.519. The molecule has 0 saturated carbocycles. The molecular weight excluding hydrogens is 439 g/mol. The number of hydrogen-bond acceptors (Lipinski definition) is 6. The summed E-state index contributed by atoms with van der Waals surface area (Å²) in [5.74, 6) is -1.63. The molecule has 1 unspecified atom stereocenters. The van der Waals surface area contributed by atoms with Gasteiger partial charge in [0.1, 0.15) is 11.5 Å². The molecule has 1 atom stereocenters. The highest BCUT2D eigenvalue weighted by molar-refractivity contribution is 7.90. The molecule has 0 N–H and O–H groups in total. The summed E-state index contributed by atoms with van der Waals surface area (Å²) in [7, 11) is -1.69. The van der Waals surface area contributed by atoms with Crippen molar-refractivity contribution >= 4 is 26.9 Å². The van der Waals surface area contributed by atoms with Gasteiger partial charge in [-0.05, 0) is 42.8 Å². The Morgan fingerprint density at radius 2 is 1.77 bits per heavy atom. The molecule has 31 heavy (non-hydrogen) atoms. The van der Waals surface area contributed by atoms with E-state index in [-0.39, 0.29) is 5.52 Å². The number of esters is 1. The highest BCUT2D eigenvalue weighted by Crippen LogP contribution is 2.34. The van der Waals surface area contributed by atoms with Gasteiger partial charge in [-0.25, -0.2) is 12.4 Å². The number of methoxy groups -OCH3 is 2. The van der Waals surface area contributed by atoms with Crippen LogP contribution in [0.3, 0.4) is 0 Å². The average Bonchev–Trinajstić information content (AvgIpc) is 3.11. The number of alkyl halides is 3. The molecule has 0 spiro atoms. The lowest BCUT2D eigenvalue weighted by Gasteiger charge is -2.11. The fourth-order valence-electron chi connectivity index (χ4n) is 3.12. The van der Waals surface area contributed by atoms with E-state index in [1.807, 2.05) is 0 Å². The zero-order valence-corrected chi connectivity index (χ0v) is 17.5. The molecular formula is C20H18F3NO6S. The summed E-state index contributed by atoms with van der Waals surface area (Å²) < 4.78 is 78.9. The number of aromatic nitrogens is 1. The number of benzene rings is 2. The fourth-order valence-corrected chi connectivity index (χ4v) is 4.54. The SMILES string of the molecule is COC(=O)C(C)c1cn(S(=O)(=O)c2cccc(OC(F)(F)F)c2)c2ccc(OC)cc12. The first kappa shape index (κ1) is 22.5. The van der Waals surface area contributed by atoms with Gasteiger partial charge in [0.2, 0.25) is 0 Å². The summed E-state index contributed by atoms with van der Waals surface area (Å²) in [5, 5.41) is 0.420. The molecule has 0 bridgehead atoms. The smallest absolute Gasteiger partial charge is 0.497 e. The largest absolute Gasteiger partial charge is 0.573 e. The maximum Gasteiger partial charge on any atom is 0.573 e. The van der Waals surface area contributed by atoms with Crippen LogP contribution in [-0.2, 0) is 19.6 Å². The van der Waals surface area contributed by atoms with Crippen molar-refractivity contribution < 1.29 is 40.6 Å². The first-order valence-electron chi connectivity index (χ1n) is 8.86. The summed E-state index contributed by atoms with van der Waals surface area (Å²) in [5.41, 5.74) is 0.570. The Balaban J connectivity index is 2.20. The van der Waals surface area contributed by atoms with Crippen LogP contribution in [0.4, 0.5) is 13.2 Å². The number of rotatable bonds is 6. The Kier molecular flexibility index (Phi) is 5.90. The van der Waals surface area contributed by atoms with E-state index in [4.69, 9.17) is 9.47 Å². The molecule has 7 nitrogen and oxygen atoms in total. The van der Waals surface area contributed by atoms with Crippen molar-refractivity contribution in [2.45, 2.75) is 24.1 Å². The molecule has 1 aromatic heterocycles. The van der Waals surface area contributed by atoms with Crippen LogP contribution < -0.4 is 9.47 Å². The zero-order chi connectivity index (χ0) is 23.0. The average molecular weight is 457 g/mol. The van der Waals surface area contributed by atoms with Gasteiger partial charge < -0.3 is 14.2 Å². The van der Waals surface area contributed by atoms with Crippen molar-refractivity contribution in [2.24, 2.45) is 0 Å². The highest BCUT2D eigenvalue weighted by Gasteiger charge is 2.32. The van der Waals surface area contributed by atoms with E-state index < -0.39 is 38.9 Å². The number of halogens is 3. The van der Waals surface area contributed by atoms with Gasteiger partial charge in [0.25, 0.3) is 10.0 Å². The third-order valence-corrected chi connectivity index (χ3v) is 6.30. The predicted molar refractivity (Wildman–Crippen MR) is 105 cm³/mol. The maximum atomic E-state index is 13.3. The molecule has 3 rings (SSSR count). The first-order valence-corrected chi connectivity index (χ1v) is 10.3. The zero-order valence-electron chi connectivity index (χ0n) is 16.6. The topological polar surface area (TPSA) is 83.8 Å². The van der Waals surface area contributed by atoms with Crippen LogP contribution in [0.2, 0.25) is 0 Å². The second-order valence-electron chi connectivity index (χ2n) is 6.54. The summed E-state index contributed by atoms with van der Waals surface area (Å²) in [6, 6.07) is 8.65. The van der Waals surface area contributed by atoms with Crippen molar-refractivity contribution in [3.63, 3.8) is 0 Å². The third kappa shape index (κ3) is 4.46. The number of ether oxygens (including phenoxy) is 3. The molecule has 0 radical (unpaired) electrons. The van der Waals surface area contributed by atoms with Crippen LogP contribution in [0.25, 0.3) is 10.9 Å². The maximum absolute atomic E-state index is 13.3. The van der Waals surface area contributed by atoms with Crippen molar-refractivity contribution in [1.29, 1.82) is 0 Å². The van der Waals surface area contributed by atoms with Crippen LogP contribution in [0.5, 0.6) is 11.5 Å². The highest BCUT2D eigenvalue weighted by atomic mass is 32.2. The second kappa shape index (κ2) is 8.14. The molecule has 11 heteroatoms. The van der Waals surface area contributed by atoms with E-state index in [2.05, 4.69) is 4.74 Å². The van der Waals surface area contributed by atoms with Gasteiger partial charge in [-0.15, -0.1) is 13.2 Å². The van der Waals surface area contributed by atoms with E-state index >= 15 is 0 Å². The molecule has 0 aliphatic rings. The first-order chi connectivity index (χ1) is 14.5. The van der Waals surface area contributed by atoms with Crippen LogP contribution in [-0.4, -0.2) is 38.9 Å². The lowest BCUT2D eigenvalue weighted by molar-refractivity contribution is -0.274. The van der Waals surface area contributed by atoms with Crippen LogP contribution in [0.1, 0.15) is 18.4 Å². The van der Waals surface area contributed by atoms with Gasteiger partial charge in [-0.3, -0.25) is 4.79 Å². The van der Waals surface area contributed by atoms with Crippen molar-refractivity contribution in [3.8, 4) is 11.5 Å². The number of carbonyl (C=O) groups excluding carboxylic acids is 1. The molecule has 2 aromatic carbocycles. The molecule has 1 heterocycles. The number of hydrogen-bond donors (Lipinski definition) is 0. The van der Waals surface area contributed by atoms with Crippen molar-refractivity contribution in [3.05, 3.63) is 54.2 Å². The van der Waals surface area contributed by atoms with Gasteiger partial charge in [-0.1, -0.05) is 6.07 Å². The van der Waals surface area contributed by atoms with Gasteiger partial charge in [0.15, 0.2) is 0 Å². The van der Waals surface area contributed by atoms with Gasteiger partial charge >= 0.3 is 12.3 Å². The molecule has 0 aliphatic carbocycles. The number of carbonyl (C=O) groups is 1. The molecule has 166 valence electrons. The summed E-state index contributed by atoms with van der Waals surface area (Å²) in [4.78, 5) is 11.7. The lowest BCUT2D eigenvalue weighted by Crippen LogP contribution is -2.18. The minimum Gasteiger partial charge on any atom is -0.497 e. The summed E-state index contributed by atoms with van der Waals surface area (Å²) in [6.45, 7) is 1.55. The molecule has 0 fully saturated rings. The van der Waals surface area contributed by atoms with Crippen LogP contribution >= 0.6 is 0 Å². The predicted octanol–water partition coefficient (Wildman–Crippen LogP) is 4.06. The Labute approximate surface area is 176 Å². The lowest BCUT2D eigenvalue weighted by atomic mass is 10.0. The van der Waals surface area contributed by atoms with Crippen molar-refractivity contribution in [2.75, 3.05) is 14.2 Å². The summed E-state index contributed by atoms with van der Waals surface area (Å²) >= 11 is 0.